The van der Waals surface area contributed by atoms with Crippen molar-refractivity contribution in [3.05, 3.63) is 30.2 Å². The summed E-state index contributed by atoms with van der Waals surface area (Å²) in [7, 11) is 0. The van der Waals surface area contributed by atoms with Gasteiger partial charge in [-0.15, -0.1) is 0 Å². The summed E-state index contributed by atoms with van der Waals surface area (Å²) in [4.78, 5) is 19.8. The number of carbonyl (C=O) groups excluding carboxylic acids is 1. The van der Waals surface area contributed by atoms with E-state index in [1.165, 1.54) is 0 Å². The lowest BCUT2D eigenvalue weighted by Gasteiger charge is -2.08. The monoisotopic (exact) mass is 263 g/mol. The molecule has 0 aliphatic rings. The molecule has 0 aliphatic heterocycles. The molecule has 0 saturated carbocycles. The number of hydrogen-bond acceptors (Lipinski definition) is 5. The Morgan fingerprint density at radius 3 is 2.89 bits per heavy atom. The van der Waals surface area contributed by atoms with E-state index in [1.54, 1.807) is 24.0 Å². The zero-order valence-electron chi connectivity index (χ0n) is 11.0. The highest BCUT2D eigenvalue weighted by atomic mass is 16.5. The van der Waals surface area contributed by atoms with Crippen molar-refractivity contribution in [3.63, 3.8) is 0 Å². The van der Waals surface area contributed by atoms with Crippen molar-refractivity contribution in [2.75, 3.05) is 12.3 Å². The first-order valence-electron chi connectivity index (χ1n) is 6.09. The van der Waals surface area contributed by atoms with Gasteiger partial charge >= 0.3 is 5.97 Å². The Balaban J connectivity index is 2.14. The molecule has 19 heavy (non-hydrogen) atoms. The molecule has 7 nitrogen and oxygen atoms in total. The van der Waals surface area contributed by atoms with Crippen LogP contribution in [0.25, 0.3) is 0 Å². The number of nitrogen functional groups attached to an aromatic ring is 1. The van der Waals surface area contributed by atoms with Crippen LogP contribution in [0.15, 0.2) is 18.7 Å². The lowest BCUT2D eigenvalue weighted by molar-refractivity contribution is 0.0521. The fourth-order valence-electron chi connectivity index (χ4n) is 1.85. The van der Waals surface area contributed by atoms with E-state index in [2.05, 4.69) is 9.97 Å². The lowest BCUT2D eigenvalue weighted by Crippen LogP contribution is -2.12. The van der Waals surface area contributed by atoms with E-state index in [1.807, 2.05) is 17.7 Å². The first kappa shape index (κ1) is 13.1. The van der Waals surface area contributed by atoms with E-state index in [4.69, 9.17) is 10.5 Å². The van der Waals surface area contributed by atoms with Gasteiger partial charge in [-0.2, -0.15) is 0 Å². The van der Waals surface area contributed by atoms with Crippen molar-refractivity contribution in [3.8, 4) is 0 Å². The molecule has 0 bridgehead atoms. The molecule has 2 aromatic rings. The normalized spacial score (nSPS) is 10.6. The molecule has 2 aromatic heterocycles. The highest BCUT2D eigenvalue weighted by Gasteiger charge is 2.19. The average molecular weight is 263 g/mol. The number of nitrogens with two attached hydrogens (primary N) is 1. The smallest absolute Gasteiger partial charge is 0.360 e. The molecule has 2 heterocycles. The van der Waals surface area contributed by atoms with Gasteiger partial charge in [-0.1, -0.05) is 0 Å². The molecule has 7 heteroatoms. The molecule has 0 atom stereocenters. The fourth-order valence-corrected chi connectivity index (χ4v) is 1.85. The van der Waals surface area contributed by atoms with Crippen molar-refractivity contribution >= 4 is 11.8 Å². The van der Waals surface area contributed by atoms with Crippen molar-refractivity contribution in [2.45, 2.75) is 26.9 Å². The standard InChI is InChI=1S/C12H17N5O2/c1-3-19-12(18)10-11(13)17(9(2)15-10)7-6-16-5-4-14-8-16/h4-5,8H,3,6-7,13H2,1-2H3. The van der Waals surface area contributed by atoms with Gasteiger partial charge in [0.25, 0.3) is 0 Å². The maximum absolute atomic E-state index is 11.7. The van der Waals surface area contributed by atoms with E-state index >= 15 is 0 Å². The van der Waals surface area contributed by atoms with Crippen LogP contribution in [0.5, 0.6) is 0 Å². The minimum absolute atomic E-state index is 0.185. The molecule has 2 N–H and O–H groups in total. The first-order chi connectivity index (χ1) is 9.13. The molecular weight excluding hydrogens is 246 g/mol. The Morgan fingerprint density at radius 1 is 1.47 bits per heavy atom. The molecule has 0 spiro atoms. The van der Waals surface area contributed by atoms with Crippen LogP contribution in [0.4, 0.5) is 5.82 Å². The number of esters is 1. The third kappa shape index (κ3) is 2.75. The number of nitrogens with zero attached hydrogens (tertiary/aromatic N) is 4. The van der Waals surface area contributed by atoms with Gasteiger partial charge in [0.15, 0.2) is 5.69 Å². The molecule has 0 radical (unpaired) electrons. The predicted octanol–water partition coefficient (Wildman–Crippen LogP) is 0.847. The number of rotatable bonds is 5. The van der Waals surface area contributed by atoms with E-state index in [-0.39, 0.29) is 5.69 Å². The highest BCUT2D eigenvalue weighted by Crippen LogP contribution is 2.15. The molecule has 102 valence electrons. The van der Waals surface area contributed by atoms with E-state index in [0.29, 0.717) is 31.3 Å². The Kier molecular flexibility index (Phi) is 3.84. The number of anilines is 1. The average Bonchev–Trinajstić information content (AvgIpc) is 2.97. The second kappa shape index (κ2) is 5.55. The molecule has 0 aromatic carbocycles. The number of imidazole rings is 2. The second-order valence-electron chi connectivity index (χ2n) is 4.07. The Labute approximate surface area is 111 Å². The van der Waals surface area contributed by atoms with Crippen LogP contribution >= 0.6 is 0 Å². The summed E-state index contributed by atoms with van der Waals surface area (Å²) in [6.45, 7) is 5.20. The van der Waals surface area contributed by atoms with E-state index in [9.17, 15) is 4.79 Å². The Bertz CT molecular complexity index is 559. The molecular formula is C12H17N5O2. The topological polar surface area (TPSA) is 88.0 Å². The third-order valence-electron chi connectivity index (χ3n) is 2.81. The van der Waals surface area contributed by atoms with E-state index < -0.39 is 5.97 Å². The van der Waals surface area contributed by atoms with Crippen molar-refractivity contribution < 1.29 is 9.53 Å². The Hall–Kier alpha value is -2.31. The van der Waals surface area contributed by atoms with Gasteiger partial charge in [0, 0.05) is 25.5 Å². The van der Waals surface area contributed by atoms with Crippen LogP contribution < -0.4 is 5.73 Å². The SMILES string of the molecule is CCOC(=O)c1nc(C)n(CCn2ccnc2)c1N. The molecule has 0 amide bonds. The third-order valence-corrected chi connectivity index (χ3v) is 2.81. The summed E-state index contributed by atoms with van der Waals surface area (Å²) < 4.78 is 8.65. The second-order valence-corrected chi connectivity index (χ2v) is 4.07. The lowest BCUT2D eigenvalue weighted by atomic mass is 10.4. The van der Waals surface area contributed by atoms with Gasteiger partial charge in [0.2, 0.25) is 0 Å². The number of ether oxygens (including phenoxy) is 1. The van der Waals surface area contributed by atoms with Crippen LogP contribution in [0.1, 0.15) is 23.2 Å². The molecule has 2 rings (SSSR count). The summed E-state index contributed by atoms with van der Waals surface area (Å²) in [5.74, 6) is 0.557. The molecule has 0 fully saturated rings. The van der Waals surface area contributed by atoms with Crippen molar-refractivity contribution in [2.24, 2.45) is 0 Å². The maximum Gasteiger partial charge on any atom is 0.360 e. The number of hydrogen-bond donors (Lipinski definition) is 1. The minimum atomic E-state index is -0.482. The van der Waals surface area contributed by atoms with Crippen molar-refractivity contribution in [1.82, 2.24) is 19.1 Å². The number of aryl methyl sites for hydroxylation is 2. The maximum atomic E-state index is 11.7. The van der Waals surface area contributed by atoms with Crippen molar-refractivity contribution in [1.29, 1.82) is 0 Å². The quantitative estimate of drug-likeness (QED) is 0.808. The van der Waals surface area contributed by atoms with Gasteiger partial charge in [0.1, 0.15) is 11.6 Å². The van der Waals surface area contributed by atoms with Gasteiger partial charge in [-0.05, 0) is 13.8 Å². The highest BCUT2D eigenvalue weighted by molar-refractivity contribution is 5.92. The van der Waals surface area contributed by atoms with Crippen LogP contribution in [-0.2, 0) is 17.8 Å². The van der Waals surface area contributed by atoms with Gasteiger partial charge in [0.05, 0.1) is 12.9 Å². The van der Waals surface area contributed by atoms with Crippen LogP contribution in [-0.4, -0.2) is 31.7 Å². The number of carbonyl (C=O) groups is 1. The summed E-state index contributed by atoms with van der Waals surface area (Å²) in [5, 5.41) is 0. The Morgan fingerprint density at radius 2 is 2.26 bits per heavy atom. The minimum Gasteiger partial charge on any atom is -0.461 e. The zero-order chi connectivity index (χ0) is 13.8. The molecule has 0 unspecified atom stereocenters. The van der Waals surface area contributed by atoms with Crippen LogP contribution in [0.2, 0.25) is 0 Å². The number of aromatic nitrogens is 4. The first-order valence-corrected chi connectivity index (χ1v) is 6.09. The van der Waals surface area contributed by atoms with Crippen LogP contribution in [0, 0.1) is 6.92 Å². The van der Waals surface area contributed by atoms with Gasteiger partial charge in [-0.3, -0.25) is 0 Å². The summed E-state index contributed by atoms with van der Waals surface area (Å²) >= 11 is 0. The molecule has 0 saturated heterocycles. The van der Waals surface area contributed by atoms with Crippen LogP contribution in [0.3, 0.4) is 0 Å². The predicted molar refractivity (Wildman–Crippen MR) is 69.6 cm³/mol. The largest absolute Gasteiger partial charge is 0.461 e. The van der Waals surface area contributed by atoms with Gasteiger partial charge in [-0.25, -0.2) is 14.8 Å². The van der Waals surface area contributed by atoms with Gasteiger partial charge < -0.3 is 19.6 Å². The summed E-state index contributed by atoms with van der Waals surface area (Å²) in [6.07, 6.45) is 5.32. The van der Waals surface area contributed by atoms with E-state index in [0.717, 1.165) is 0 Å². The summed E-state index contributed by atoms with van der Waals surface area (Å²) in [6, 6.07) is 0. The zero-order valence-corrected chi connectivity index (χ0v) is 11.0. The summed E-state index contributed by atoms with van der Waals surface area (Å²) in [5.41, 5.74) is 6.13. The fraction of sp³-hybridized carbons (Fsp3) is 0.417. The molecule has 0 aliphatic carbocycles.